The van der Waals surface area contributed by atoms with Crippen molar-refractivity contribution in [1.82, 2.24) is 5.32 Å². The van der Waals surface area contributed by atoms with Crippen molar-refractivity contribution in [3.63, 3.8) is 0 Å². The molecule has 1 aromatic carbocycles. The fourth-order valence-electron chi connectivity index (χ4n) is 2.48. The highest BCUT2D eigenvalue weighted by atomic mass is 32.2. The maximum absolute atomic E-state index is 12.0. The minimum atomic E-state index is -2.76. The summed E-state index contributed by atoms with van der Waals surface area (Å²) in [5.74, 6) is 0.210. The zero-order valence-electron chi connectivity index (χ0n) is 10.9. The van der Waals surface area contributed by atoms with Crippen molar-refractivity contribution >= 4 is 11.8 Å². The van der Waals surface area contributed by atoms with Crippen molar-refractivity contribution in [2.75, 3.05) is 6.26 Å². The van der Waals surface area contributed by atoms with Crippen LogP contribution in [0.15, 0.2) is 24.3 Å². The lowest BCUT2D eigenvalue weighted by Crippen LogP contribution is -2.33. The molecule has 2 nitrogen and oxygen atoms in total. The number of thioether (sulfide) groups is 1. The van der Waals surface area contributed by atoms with Crippen molar-refractivity contribution in [3.05, 3.63) is 29.8 Å². The van der Waals surface area contributed by atoms with Gasteiger partial charge < -0.3 is 10.1 Å². The summed E-state index contributed by atoms with van der Waals surface area (Å²) in [6.07, 6.45) is 5.93. The molecule has 0 amide bonds. The topological polar surface area (TPSA) is 21.3 Å². The third-order valence-corrected chi connectivity index (χ3v) is 4.64. The van der Waals surface area contributed by atoms with Gasteiger partial charge in [-0.1, -0.05) is 18.6 Å². The third-order valence-electron chi connectivity index (χ3n) is 3.47. The van der Waals surface area contributed by atoms with E-state index in [1.54, 1.807) is 12.1 Å². The van der Waals surface area contributed by atoms with Crippen LogP contribution in [0.5, 0.6) is 5.75 Å². The quantitative estimate of drug-likeness (QED) is 0.862. The van der Waals surface area contributed by atoms with Crippen LogP contribution < -0.4 is 10.1 Å². The average Bonchev–Trinajstić information content (AvgIpc) is 2.84. The number of alkyl halides is 2. The zero-order chi connectivity index (χ0) is 13.7. The molecular weight excluding hydrogens is 268 g/mol. The predicted octanol–water partition coefficient (Wildman–Crippen LogP) is 3.66. The van der Waals surface area contributed by atoms with Gasteiger partial charge in [-0.2, -0.15) is 20.5 Å². The summed E-state index contributed by atoms with van der Waals surface area (Å²) in [5.41, 5.74) is 1.09. The second-order valence-corrected chi connectivity index (χ2v) is 5.79. The van der Waals surface area contributed by atoms with E-state index in [2.05, 4.69) is 16.3 Å². The molecule has 2 rings (SSSR count). The molecule has 1 aliphatic rings. The van der Waals surface area contributed by atoms with Gasteiger partial charge in [0.1, 0.15) is 5.75 Å². The molecule has 0 heterocycles. The molecule has 0 radical (unpaired) electrons. The fraction of sp³-hybridized carbons (Fsp3) is 0.571. The molecule has 0 aliphatic heterocycles. The highest BCUT2D eigenvalue weighted by molar-refractivity contribution is 7.99. The molecule has 5 heteroatoms. The number of nitrogens with one attached hydrogen (secondary N) is 1. The van der Waals surface area contributed by atoms with Crippen molar-refractivity contribution in [3.8, 4) is 5.75 Å². The minimum absolute atomic E-state index is 0.210. The van der Waals surface area contributed by atoms with Crippen LogP contribution in [0.4, 0.5) is 8.78 Å². The lowest BCUT2D eigenvalue weighted by Gasteiger charge is -2.19. The largest absolute Gasteiger partial charge is 0.435 e. The van der Waals surface area contributed by atoms with Crippen LogP contribution in [0.1, 0.15) is 24.8 Å². The van der Waals surface area contributed by atoms with Crippen LogP contribution in [0.2, 0.25) is 0 Å². The average molecular weight is 287 g/mol. The molecule has 1 aromatic rings. The molecule has 0 spiro atoms. The Labute approximate surface area is 116 Å². The van der Waals surface area contributed by atoms with Gasteiger partial charge in [0.2, 0.25) is 0 Å². The van der Waals surface area contributed by atoms with Crippen LogP contribution in [0, 0.1) is 0 Å². The highest BCUT2D eigenvalue weighted by Gasteiger charge is 2.25. The summed E-state index contributed by atoms with van der Waals surface area (Å²) in [5, 5.41) is 4.25. The molecule has 0 bridgehead atoms. The standard InChI is InChI=1S/C14H19F2NOS/c1-19-13-4-2-3-12(13)17-9-10-5-7-11(8-6-10)18-14(15)16/h5-8,12-14,17H,2-4,9H2,1H3. The van der Waals surface area contributed by atoms with Crippen molar-refractivity contribution in [2.24, 2.45) is 0 Å². The van der Waals surface area contributed by atoms with Gasteiger partial charge in [0, 0.05) is 17.8 Å². The Morgan fingerprint density at radius 2 is 2.05 bits per heavy atom. The summed E-state index contributed by atoms with van der Waals surface area (Å²) in [4.78, 5) is 0. The smallest absolute Gasteiger partial charge is 0.387 e. The van der Waals surface area contributed by atoms with E-state index in [1.165, 1.54) is 19.3 Å². The summed E-state index contributed by atoms with van der Waals surface area (Å²) >= 11 is 1.92. The molecule has 2 atom stereocenters. The number of benzene rings is 1. The van der Waals surface area contributed by atoms with Gasteiger partial charge in [0.05, 0.1) is 0 Å². The minimum Gasteiger partial charge on any atom is -0.435 e. The third kappa shape index (κ3) is 4.35. The SMILES string of the molecule is CSC1CCCC1NCc1ccc(OC(F)F)cc1. The Hall–Kier alpha value is -0.810. The maximum atomic E-state index is 12.0. The van der Waals surface area contributed by atoms with E-state index >= 15 is 0 Å². The van der Waals surface area contributed by atoms with Crippen molar-refractivity contribution < 1.29 is 13.5 Å². The maximum Gasteiger partial charge on any atom is 0.387 e. The van der Waals surface area contributed by atoms with Crippen LogP contribution in [-0.4, -0.2) is 24.2 Å². The molecule has 19 heavy (non-hydrogen) atoms. The second-order valence-electron chi connectivity index (χ2n) is 4.71. The van der Waals surface area contributed by atoms with Gasteiger partial charge in [0.25, 0.3) is 0 Å². The first kappa shape index (κ1) is 14.6. The Balaban J connectivity index is 1.82. The number of halogens is 2. The van der Waals surface area contributed by atoms with E-state index in [4.69, 9.17) is 0 Å². The van der Waals surface area contributed by atoms with Gasteiger partial charge in [-0.05, 0) is 36.8 Å². The lowest BCUT2D eigenvalue weighted by atomic mass is 10.2. The molecule has 0 saturated heterocycles. The monoisotopic (exact) mass is 287 g/mol. The normalized spacial score (nSPS) is 22.9. The molecule has 1 fully saturated rings. The molecule has 1 saturated carbocycles. The van der Waals surface area contributed by atoms with Gasteiger partial charge >= 0.3 is 6.61 Å². The zero-order valence-corrected chi connectivity index (χ0v) is 11.8. The van der Waals surface area contributed by atoms with Gasteiger partial charge in [-0.15, -0.1) is 0 Å². The molecule has 2 unspecified atom stereocenters. The van der Waals surface area contributed by atoms with Gasteiger partial charge in [-0.25, -0.2) is 0 Å². The van der Waals surface area contributed by atoms with E-state index in [1.807, 2.05) is 23.9 Å². The lowest BCUT2D eigenvalue weighted by molar-refractivity contribution is -0.0498. The first-order valence-corrected chi connectivity index (χ1v) is 7.78. The molecular formula is C14H19F2NOS. The molecule has 1 N–H and O–H groups in total. The van der Waals surface area contributed by atoms with Crippen LogP contribution in [-0.2, 0) is 6.54 Å². The Morgan fingerprint density at radius 1 is 1.32 bits per heavy atom. The Bertz CT molecular complexity index is 386. The van der Waals surface area contributed by atoms with E-state index < -0.39 is 6.61 Å². The van der Waals surface area contributed by atoms with Crippen LogP contribution in [0.3, 0.4) is 0 Å². The summed E-state index contributed by atoms with van der Waals surface area (Å²) < 4.78 is 28.4. The number of ether oxygens (including phenoxy) is 1. The fourth-order valence-corrected chi connectivity index (χ4v) is 3.44. The van der Waals surface area contributed by atoms with Crippen LogP contribution >= 0.6 is 11.8 Å². The summed E-state index contributed by atoms with van der Waals surface area (Å²) in [7, 11) is 0. The molecule has 0 aromatic heterocycles. The second kappa shape index (κ2) is 7.10. The number of hydrogen-bond donors (Lipinski definition) is 1. The number of hydrogen-bond acceptors (Lipinski definition) is 3. The van der Waals surface area contributed by atoms with Crippen LogP contribution in [0.25, 0.3) is 0 Å². The molecule has 106 valence electrons. The first-order valence-electron chi connectivity index (χ1n) is 6.49. The Kier molecular flexibility index (Phi) is 5.45. The highest BCUT2D eigenvalue weighted by Crippen LogP contribution is 2.28. The molecule has 1 aliphatic carbocycles. The van der Waals surface area contributed by atoms with E-state index in [-0.39, 0.29) is 5.75 Å². The Morgan fingerprint density at radius 3 is 2.68 bits per heavy atom. The number of rotatable bonds is 6. The first-order chi connectivity index (χ1) is 9.19. The summed E-state index contributed by atoms with van der Waals surface area (Å²) in [6.45, 7) is -1.98. The van der Waals surface area contributed by atoms with Gasteiger partial charge in [0.15, 0.2) is 0 Å². The van der Waals surface area contributed by atoms with Crippen molar-refractivity contribution in [1.29, 1.82) is 0 Å². The van der Waals surface area contributed by atoms with Gasteiger partial charge in [-0.3, -0.25) is 0 Å². The van der Waals surface area contributed by atoms with E-state index in [9.17, 15) is 8.78 Å². The van der Waals surface area contributed by atoms with Crippen molar-refractivity contribution in [2.45, 2.75) is 43.7 Å². The predicted molar refractivity (Wildman–Crippen MR) is 74.9 cm³/mol. The van der Waals surface area contributed by atoms with E-state index in [0.29, 0.717) is 11.3 Å². The van der Waals surface area contributed by atoms with E-state index in [0.717, 1.165) is 12.1 Å². The summed E-state index contributed by atoms with van der Waals surface area (Å²) in [6, 6.07) is 7.39.